The molecule has 27 heavy (non-hydrogen) atoms. The van der Waals surface area contributed by atoms with Crippen LogP contribution in [0.15, 0.2) is 76.1 Å². The molecule has 5 heteroatoms. The minimum atomic E-state index is -1.23. The molecule has 2 aromatic rings. The largest absolute Gasteiger partial charge is 0.378 e. The van der Waals surface area contributed by atoms with Crippen molar-refractivity contribution in [3.05, 3.63) is 82.4 Å². The third-order valence-electron chi connectivity index (χ3n) is 5.28. The monoisotopic (exact) mass is 442 g/mol. The molecule has 2 N–H and O–H groups in total. The van der Waals surface area contributed by atoms with Gasteiger partial charge in [0.1, 0.15) is 11.0 Å². The predicted octanol–water partition coefficient (Wildman–Crippen LogP) is 5.46. The maximum absolute atomic E-state index is 12.6. The molecular formula is C22H23BrN2OS. The Hall–Kier alpha value is -1.69. The Morgan fingerprint density at radius 1 is 1.30 bits per heavy atom. The van der Waals surface area contributed by atoms with Crippen molar-refractivity contribution in [1.29, 1.82) is 0 Å². The Morgan fingerprint density at radius 2 is 2.07 bits per heavy atom. The lowest BCUT2D eigenvalue weighted by Gasteiger charge is -2.37. The van der Waals surface area contributed by atoms with Gasteiger partial charge in [-0.05, 0) is 60.7 Å². The van der Waals surface area contributed by atoms with Crippen LogP contribution < -0.4 is 10.0 Å². The van der Waals surface area contributed by atoms with Gasteiger partial charge in [-0.3, -0.25) is 0 Å². The van der Waals surface area contributed by atoms with Crippen LogP contribution in [0.4, 0.5) is 5.69 Å². The molecule has 2 aliphatic rings. The van der Waals surface area contributed by atoms with Crippen molar-refractivity contribution in [3.8, 4) is 0 Å². The lowest BCUT2D eigenvalue weighted by molar-refractivity contribution is 0.425. The van der Waals surface area contributed by atoms with Crippen LogP contribution in [0.1, 0.15) is 36.4 Å². The van der Waals surface area contributed by atoms with Crippen LogP contribution in [0.2, 0.25) is 0 Å². The molecule has 0 saturated carbocycles. The molecule has 3 nitrogen and oxygen atoms in total. The SMILES string of the molecule is C=C(C)CNS(=O)c1ccc2c(c1)C1C=CCC1C(c1ccc(Br)cc1)N2. The van der Waals surface area contributed by atoms with Crippen LogP contribution in [0, 0.1) is 5.92 Å². The fraction of sp³-hybridized carbons (Fsp3) is 0.273. The van der Waals surface area contributed by atoms with Gasteiger partial charge in [0.15, 0.2) is 0 Å². The molecule has 0 fully saturated rings. The zero-order valence-corrected chi connectivity index (χ0v) is 17.6. The normalized spacial score (nSPS) is 24.0. The number of anilines is 1. The molecule has 0 bridgehead atoms. The van der Waals surface area contributed by atoms with Gasteiger partial charge in [-0.2, -0.15) is 0 Å². The highest BCUT2D eigenvalue weighted by atomic mass is 79.9. The van der Waals surface area contributed by atoms with E-state index in [1.54, 1.807) is 0 Å². The first kappa shape index (κ1) is 18.7. The van der Waals surface area contributed by atoms with Gasteiger partial charge in [0.2, 0.25) is 0 Å². The number of hydrogen-bond donors (Lipinski definition) is 2. The van der Waals surface area contributed by atoms with Crippen LogP contribution in [0.25, 0.3) is 0 Å². The molecular weight excluding hydrogens is 420 g/mol. The molecule has 0 saturated heterocycles. The first-order chi connectivity index (χ1) is 13.0. The molecule has 1 aliphatic heterocycles. The van der Waals surface area contributed by atoms with Gasteiger partial charge in [-0.15, -0.1) is 0 Å². The predicted molar refractivity (Wildman–Crippen MR) is 116 cm³/mol. The van der Waals surface area contributed by atoms with Crippen LogP contribution >= 0.6 is 15.9 Å². The Kier molecular flexibility index (Phi) is 5.35. The van der Waals surface area contributed by atoms with Gasteiger partial charge in [0, 0.05) is 22.6 Å². The number of halogens is 1. The molecule has 0 spiro atoms. The Labute approximate surface area is 171 Å². The summed E-state index contributed by atoms with van der Waals surface area (Å²) in [5, 5.41) is 3.73. The summed E-state index contributed by atoms with van der Waals surface area (Å²) in [5.74, 6) is 0.832. The highest BCUT2D eigenvalue weighted by Crippen LogP contribution is 2.50. The minimum Gasteiger partial charge on any atom is -0.378 e. The highest BCUT2D eigenvalue weighted by molar-refractivity contribution is 9.10. The second kappa shape index (κ2) is 7.74. The van der Waals surface area contributed by atoms with Crippen LogP contribution in [-0.2, 0) is 11.0 Å². The molecule has 0 aromatic heterocycles. The summed E-state index contributed by atoms with van der Waals surface area (Å²) in [6.45, 7) is 6.34. The van der Waals surface area contributed by atoms with E-state index in [0.717, 1.165) is 27.0 Å². The van der Waals surface area contributed by atoms with Gasteiger partial charge in [-0.25, -0.2) is 8.93 Å². The van der Waals surface area contributed by atoms with E-state index >= 15 is 0 Å². The van der Waals surface area contributed by atoms with Gasteiger partial charge >= 0.3 is 0 Å². The van der Waals surface area contributed by atoms with Crippen LogP contribution in [0.5, 0.6) is 0 Å². The maximum Gasteiger partial charge on any atom is 0.125 e. The van der Waals surface area contributed by atoms with Gasteiger partial charge < -0.3 is 5.32 Å². The lowest BCUT2D eigenvalue weighted by atomic mass is 9.77. The summed E-state index contributed by atoms with van der Waals surface area (Å²) in [6, 6.07) is 15.0. The second-order valence-electron chi connectivity index (χ2n) is 7.32. The van der Waals surface area contributed by atoms with Gasteiger partial charge in [-0.1, -0.05) is 52.4 Å². The van der Waals surface area contributed by atoms with Gasteiger partial charge in [0.05, 0.1) is 10.9 Å². The Balaban J connectivity index is 1.64. The third kappa shape index (κ3) is 3.82. The Morgan fingerprint density at radius 3 is 2.81 bits per heavy atom. The van der Waals surface area contributed by atoms with Crippen molar-refractivity contribution >= 4 is 32.6 Å². The molecule has 4 atom stereocenters. The topological polar surface area (TPSA) is 41.1 Å². The molecule has 4 rings (SSSR count). The number of allylic oxidation sites excluding steroid dienone is 2. The zero-order chi connectivity index (χ0) is 19.0. The van der Waals surface area contributed by atoms with E-state index in [1.807, 2.05) is 13.0 Å². The fourth-order valence-corrected chi connectivity index (χ4v) is 5.19. The highest BCUT2D eigenvalue weighted by Gasteiger charge is 2.38. The van der Waals surface area contributed by atoms with E-state index in [-0.39, 0.29) is 6.04 Å². The van der Waals surface area contributed by atoms with Crippen molar-refractivity contribution in [2.24, 2.45) is 5.92 Å². The summed E-state index contributed by atoms with van der Waals surface area (Å²) in [5.41, 5.74) is 4.65. The van der Waals surface area contributed by atoms with E-state index in [9.17, 15) is 4.21 Å². The maximum atomic E-state index is 12.6. The summed E-state index contributed by atoms with van der Waals surface area (Å²) in [7, 11) is -1.23. The van der Waals surface area contributed by atoms with E-state index in [1.165, 1.54) is 11.1 Å². The van der Waals surface area contributed by atoms with Crippen LogP contribution in [0.3, 0.4) is 0 Å². The molecule has 1 heterocycles. The number of fused-ring (bicyclic) bond motifs is 3. The first-order valence-electron chi connectivity index (χ1n) is 9.15. The number of nitrogens with one attached hydrogen (secondary N) is 2. The average molecular weight is 443 g/mol. The third-order valence-corrected chi connectivity index (χ3v) is 6.90. The fourth-order valence-electron chi connectivity index (χ4n) is 3.96. The molecule has 2 aromatic carbocycles. The molecule has 0 radical (unpaired) electrons. The first-order valence-corrected chi connectivity index (χ1v) is 11.1. The lowest BCUT2D eigenvalue weighted by Crippen LogP contribution is -2.29. The number of rotatable bonds is 5. The van der Waals surface area contributed by atoms with Crippen molar-refractivity contribution in [2.75, 3.05) is 11.9 Å². The zero-order valence-electron chi connectivity index (χ0n) is 15.2. The summed E-state index contributed by atoms with van der Waals surface area (Å²) < 4.78 is 16.7. The van der Waals surface area contributed by atoms with E-state index in [2.05, 4.69) is 81.1 Å². The van der Waals surface area contributed by atoms with Crippen molar-refractivity contribution < 1.29 is 4.21 Å². The molecule has 140 valence electrons. The van der Waals surface area contributed by atoms with Crippen molar-refractivity contribution in [2.45, 2.75) is 30.2 Å². The van der Waals surface area contributed by atoms with E-state index in [0.29, 0.717) is 18.4 Å². The summed E-state index contributed by atoms with van der Waals surface area (Å²) >= 11 is 3.52. The average Bonchev–Trinajstić information content (AvgIpc) is 3.16. The molecule has 1 aliphatic carbocycles. The second-order valence-corrected chi connectivity index (χ2v) is 9.54. The van der Waals surface area contributed by atoms with E-state index < -0.39 is 11.0 Å². The number of hydrogen-bond acceptors (Lipinski definition) is 2. The Bertz CT molecular complexity index is 922. The van der Waals surface area contributed by atoms with E-state index in [4.69, 9.17) is 0 Å². The standard InChI is InChI=1S/C22H23BrN2OS/c1-14(2)13-24-27(26)17-10-11-21-20(12-17)18-4-3-5-19(18)22(25-21)15-6-8-16(23)9-7-15/h3-4,6-12,18-19,22,24-25H,1,5,13H2,2H3. The van der Waals surface area contributed by atoms with Crippen molar-refractivity contribution in [1.82, 2.24) is 4.72 Å². The summed E-state index contributed by atoms with van der Waals surface area (Å²) in [6.07, 6.45) is 5.64. The summed E-state index contributed by atoms with van der Waals surface area (Å²) in [4.78, 5) is 0.818. The molecule has 0 amide bonds. The minimum absolute atomic E-state index is 0.281. The van der Waals surface area contributed by atoms with Crippen molar-refractivity contribution in [3.63, 3.8) is 0 Å². The molecule has 4 unspecified atom stereocenters. The quantitative estimate of drug-likeness (QED) is 0.603. The smallest absolute Gasteiger partial charge is 0.125 e. The van der Waals surface area contributed by atoms with Gasteiger partial charge in [0.25, 0.3) is 0 Å². The van der Waals surface area contributed by atoms with Crippen LogP contribution in [-0.4, -0.2) is 10.8 Å². The number of benzene rings is 2.